The van der Waals surface area contributed by atoms with Crippen LogP contribution in [0.5, 0.6) is 0 Å². The molecule has 0 aliphatic carbocycles. The Kier molecular flexibility index (Phi) is 4.34. The summed E-state index contributed by atoms with van der Waals surface area (Å²) in [5.74, 6) is 0. The highest BCUT2D eigenvalue weighted by molar-refractivity contribution is 7.86. The molecule has 4 rings (SSSR count). The zero-order valence-corrected chi connectivity index (χ0v) is 17.6. The van der Waals surface area contributed by atoms with Gasteiger partial charge >= 0.3 is 0 Å². The maximum atomic E-state index is 12.0. The first-order valence-corrected chi connectivity index (χ1v) is 12.2. The molecule has 0 saturated heterocycles. The summed E-state index contributed by atoms with van der Waals surface area (Å²) in [6.07, 6.45) is 0. The van der Waals surface area contributed by atoms with E-state index in [4.69, 9.17) is 0 Å². The second kappa shape index (κ2) is 6.27. The number of benzene rings is 2. The maximum absolute atomic E-state index is 12.0. The van der Waals surface area contributed by atoms with Crippen molar-refractivity contribution in [1.82, 2.24) is 9.97 Å². The lowest BCUT2D eigenvalue weighted by molar-refractivity contribution is 0.481. The van der Waals surface area contributed by atoms with Crippen molar-refractivity contribution in [2.24, 2.45) is 0 Å². The first-order valence-electron chi connectivity index (χ1n) is 7.72. The van der Waals surface area contributed by atoms with E-state index < -0.39 is 20.2 Å². The number of thiazole rings is 2. The van der Waals surface area contributed by atoms with Crippen LogP contribution < -0.4 is 0 Å². The van der Waals surface area contributed by atoms with Gasteiger partial charge in [-0.3, -0.25) is 9.11 Å². The second-order valence-corrected chi connectivity index (χ2v) is 11.1. The van der Waals surface area contributed by atoms with Crippen LogP contribution in [-0.2, 0) is 20.2 Å². The summed E-state index contributed by atoms with van der Waals surface area (Å²) in [6, 6.07) is 5.99. The Bertz CT molecular complexity index is 1480. The van der Waals surface area contributed by atoms with Crippen LogP contribution in [0.2, 0.25) is 0 Å². The number of aromatic nitrogens is 2. The number of hydrogen-bond acceptors (Lipinski definition) is 8. The molecule has 2 aromatic carbocycles. The quantitative estimate of drug-likeness (QED) is 0.446. The predicted molar refractivity (Wildman–Crippen MR) is 107 cm³/mol. The molecule has 0 spiro atoms. The summed E-state index contributed by atoms with van der Waals surface area (Å²) < 4.78 is 66.7. The molecular formula is C16H12N2O6S4. The fraction of sp³-hybridized carbons (Fsp3) is 0.125. The largest absolute Gasteiger partial charge is 0.298 e. The number of rotatable bonds is 3. The zero-order chi connectivity index (χ0) is 20.4. The minimum Gasteiger partial charge on any atom is -0.282 e. The average Bonchev–Trinajstić information content (AvgIpc) is 3.11. The van der Waals surface area contributed by atoms with E-state index in [-0.39, 0.29) is 15.3 Å². The first-order chi connectivity index (χ1) is 12.9. The van der Waals surface area contributed by atoms with Gasteiger partial charge in [0.15, 0.2) is 0 Å². The fourth-order valence-electron chi connectivity index (χ4n) is 2.96. The molecule has 8 nitrogen and oxygen atoms in total. The van der Waals surface area contributed by atoms with Gasteiger partial charge in [-0.25, -0.2) is 9.97 Å². The van der Waals surface area contributed by atoms with E-state index in [0.717, 1.165) is 11.3 Å². The summed E-state index contributed by atoms with van der Waals surface area (Å²) in [5, 5.41) is 1.11. The lowest BCUT2D eigenvalue weighted by Gasteiger charge is -2.04. The molecule has 0 saturated carbocycles. The molecule has 12 heteroatoms. The van der Waals surface area contributed by atoms with Gasteiger partial charge in [0.2, 0.25) is 0 Å². The normalized spacial score (nSPS) is 12.9. The fourth-order valence-corrected chi connectivity index (χ4v) is 6.76. The van der Waals surface area contributed by atoms with Crippen LogP contribution in [0.25, 0.3) is 31.0 Å². The highest BCUT2D eigenvalue weighted by Crippen LogP contribution is 2.40. The third kappa shape index (κ3) is 3.21. The van der Waals surface area contributed by atoms with Crippen molar-refractivity contribution in [2.75, 3.05) is 0 Å². The van der Waals surface area contributed by atoms with Crippen LogP contribution in [0.1, 0.15) is 10.6 Å². The highest BCUT2D eigenvalue weighted by Gasteiger charge is 2.25. The summed E-state index contributed by atoms with van der Waals surface area (Å²) >= 11 is 2.35. The summed E-state index contributed by atoms with van der Waals surface area (Å²) in [7, 11) is -8.89. The van der Waals surface area contributed by atoms with Gasteiger partial charge < -0.3 is 0 Å². The Hall–Kier alpha value is -1.96. The van der Waals surface area contributed by atoms with Crippen molar-refractivity contribution in [1.29, 1.82) is 0 Å². The molecule has 0 fully saturated rings. The van der Waals surface area contributed by atoms with Crippen molar-refractivity contribution >= 4 is 63.3 Å². The van der Waals surface area contributed by atoms with Gasteiger partial charge in [0.05, 0.1) is 24.8 Å². The molecule has 0 bridgehead atoms. The number of fused-ring (bicyclic) bond motifs is 2. The zero-order valence-electron chi connectivity index (χ0n) is 14.4. The van der Waals surface area contributed by atoms with Gasteiger partial charge in [0.25, 0.3) is 20.2 Å². The molecule has 0 atom stereocenters. The van der Waals surface area contributed by atoms with Gasteiger partial charge in [-0.05, 0) is 37.6 Å². The third-order valence-electron chi connectivity index (χ3n) is 4.06. The first kappa shape index (κ1) is 19.4. The SMILES string of the molecule is Cc1nc2cc3sc(-c4ccc(S(=O)(=O)O)c(C)c4)nc3c(S(=O)(=O)O)c2s1. The predicted octanol–water partition coefficient (Wildman–Crippen LogP) is 3.68. The standard InChI is InChI=1S/C16H12N2O6S4/c1-7-5-9(3-4-12(7)27(19,20)21)16-18-13-11(26-16)6-10-14(25-8(2)17-10)15(13)28(22,23)24/h3-6H,1-2H3,(H,19,20,21)(H,22,23,24). The molecule has 146 valence electrons. The van der Waals surface area contributed by atoms with Crippen LogP contribution in [0.15, 0.2) is 34.1 Å². The molecule has 4 aromatic rings. The van der Waals surface area contributed by atoms with Crippen molar-refractivity contribution in [3.05, 3.63) is 34.8 Å². The van der Waals surface area contributed by atoms with E-state index in [9.17, 15) is 25.9 Å². The van der Waals surface area contributed by atoms with Gasteiger partial charge in [0, 0.05) is 5.56 Å². The number of nitrogens with zero attached hydrogens (tertiary/aromatic N) is 2. The van der Waals surface area contributed by atoms with E-state index >= 15 is 0 Å². The summed E-state index contributed by atoms with van der Waals surface area (Å²) in [4.78, 5) is 8.20. The van der Waals surface area contributed by atoms with Crippen molar-refractivity contribution in [2.45, 2.75) is 23.6 Å². The number of aryl methyl sites for hydroxylation is 2. The minimum absolute atomic E-state index is 0.134. The van der Waals surface area contributed by atoms with Gasteiger partial charge in [0.1, 0.15) is 15.4 Å². The molecule has 0 amide bonds. The molecule has 0 unspecified atom stereocenters. The molecule has 2 N–H and O–H groups in total. The molecule has 0 aliphatic rings. The van der Waals surface area contributed by atoms with E-state index in [1.165, 1.54) is 30.4 Å². The molecule has 2 heterocycles. The lowest BCUT2D eigenvalue weighted by atomic mass is 10.1. The molecule has 2 aromatic heterocycles. The summed E-state index contributed by atoms with van der Waals surface area (Å²) in [6.45, 7) is 3.27. The monoisotopic (exact) mass is 456 g/mol. The number of hydrogen-bond donors (Lipinski definition) is 2. The van der Waals surface area contributed by atoms with Crippen LogP contribution >= 0.6 is 22.7 Å². The van der Waals surface area contributed by atoms with Gasteiger partial charge in [-0.15, -0.1) is 22.7 Å². The average molecular weight is 457 g/mol. The van der Waals surface area contributed by atoms with E-state index in [1.807, 2.05) is 0 Å². The summed E-state index contributed by atoms with van der Waals surface area (Å²) in [5.41, 5.74) is 1.47. The van der Waals surface area contributed by atoms with Crippen LogP contribution in [0.3, 0.4) is 0 Å². The Morgan fingerprint density at radius 1 is 0.929 bits per heavy atom. The second-order valence-electron chi connectivity index (χ2n) is 6.08. The Morgan fingerprint density at radius 3 is 2.25 bits per heavy atom. The van der Waals surface area contributed by atoms with Crippen LogP contribution in [-0.4, -0.2) is 35.9 Å². The highest BCUT2D eigenvalue weighted by atomic mass is 32.2. The van der Waals surface area contributed by atoms with E-state index in [1.54, 1.807) is 19.1 Å². The maximum Gasteiger partial charge on any atom is 0.298 e. The van der Waals surface area contributed by atoms with E-state index in [2.05, 4.69) is 9.97 Å². The van der Waals surface area contributed by atoms with E-state index in [0.29, 0.717) is 36.1 Å². The molecule has 28 heavy (non-hydrogen) atoms. The topological polar surface area (TPSA) is 135 Å². The van der Waals surface area contributed by atoms with Crippen molar-refractivity contribution in [3.63, 3.8) is 0 Å². The Labute approximate surface area is 168 Å². The molecule has 0 radical (unpaired) electrons. The van der Waals surface area contributed by atoms with Gasteiger partial charge in [-0.2, -0.15) is 16.8 Å². The Morgan fingerprint density at radius 2 is 1.64 bits per heavy atom. The van der Waals surface area contributed by atoms with Crippen LogP contribution in [0, 0.1) is 13.8 Å². The third-order valence-corrected chi connectivity index (χ3v) is 8.17. The van der Waals surface area contributed by atoms with Crippen LogP contribution in [0.4, 0.5) is 0 Å². The molecular weight excluding hydrogens is 444 g/mol. The lowest BCUT2D eigenvalue weighted by Crippen LogP contribution is -2.01. The van der Waals surface area contributed by atoms with Gasteiger partial charge in [-0.1, -0.05) is 6.07 Å². The smallest absolute Gasteiger partial charge is 0.282 e. The van der Waals surface area contributed by atoms with Crippen molar-refractivity contribution < 1.29 is 25.9 Å². The Balaban J connectivity index is 2.00. The minimum atomic E-state index is -4.54. The van der Waals surface area contributed by atoms with Crippen molar-refractivity contribution in [3.8, 4) is 10.6 Å². The molecule has 0 aliphatic heterocycles.